The molecule has 2 rings (SSSR count). The van der Waals surface area contributed by atoms with Crippen LogP contribution in [0, 0.1) is 6.92 Å². The molecule has 2 aromatic rings. The van der Waals surface area contributed by atoms with Crippen molar-refractivity contribution in [2.75, 3.05) is 27.9 Å². The third-order valence-corrected chi connectivity index (χ3v) is 3.92. The summed E-state index contributed by atoms with van der Waals surface area (Å²) in [6, 6.07) is 12.9. The molecule has 0 atom stereocenters. The summed E-state index contributed by atoms with van der Waals surface area (Å²) in [5, 5.41) is 0. The second kappa shape index (κ2) is 8.89. The maximum absolute atomic E-state index is 12.4. The summed E-state index contributed by atoms with van der Waals surface area (Å²) in [5.74, 6) is -0.311. The molecule has 2 aromatic carbocycles. The molecular formula is C20H23NO5. The van der Waals surface area contributed by atoms with Gasteiger partial charge in [-0.15, -0.1) is 0 Å². The number of esters is 1. The number of methoxy groups -OCH3 is 2. The molecule has 0 aliphatic heterocycles. The van der Waals surface area contributed by atoms with Crippen molar-refractivity contribution in [3.63, 3.8) is 0 Å². The van der Waals surface area contributed by atoms with Crippen molar-refractivity contribution in [3.8, 4) is 11.5 Å². The Morgan fingerprint density at radius 3 is 2.08 bits per heavy atom. The van der Waals surface area contributed by atoms with Crippen LogP contribution in [0.3, 0.4) is 0 Å². The third kappa shape index (κ3) is 4.75. The number of likely N-dealkylation sites (N-methyl/N-ethyl adjacent to an activating group) is 1. The fourth-order valence-electron chi connectivity index (χ4n) is 2.42. The minimum absolute atomic E-state index is 0.159. The quantitative estimate of drug-likeness (QED) is 0.713. The summed E-state index contributed by atoms with van der Waals surface area (Å²) in [5.41, 5.74) is 2.32. The van der Waals surface area contributed by atoms with Gasteiger partial charge in [-0.1, -0.05) is 35.9 Å². The smallest absolute Gasteiger partial charge is 0.346 e. The average Bonchev–Trinajstić information content (AvgIpc) is 2.66. The second-order valence-corrected chi connectivity index (χ2v) is 5.85. The van der Waals surface area contributed by atoms with E-state index in [1.165, 1.54) is 19.1 Å². The molecule has 1 amide bonds. The van der Waals surface area contributed by atoms with Crippen molar-refractivity contribution in [1.29, 1.82) is 0 Å². The number of nitrogens with zero attached hydrogens (tertiary/aromatic N) is 1. The highest BCUT2D eigenvalue weighted by molar-refractivity contribution is 5.96. The van der Waals surface area contributed by atoms with E-state index in [0.717, 1.165) is 11.1 Å². The number of carbonyl (C=O) groups excluding carboxylic acids is 2. The van der Waals surface area contributed by atoms with Gasteiger partial charge in [-0.05, 0) is 24.6 Å². The molecule has 0 N–H and O–H groups in total. The molecule has 138 valence electrons. The Bertz CT molecular complexity index is 748. The molecule has 0 saturated carbocycles. The van der Waals surface area contributed by atoms with Gasteiger partial charge in [-0.2, -0.15) is 0 Å². The third-order valence-electron chi connectivity index (χ3n) is 3.92. The van der Waals surface area contributed by atoms with Crippen LogP contribution in [0.2, 0.25) is 0 Å². The van der Waals surface area contributed by atoms with E-state index in [0.29, 0.717) is 18.0 Å². The molecule has 0 fully saturated rings. The van der Waals surface area contributed by atoms with Crippen LogP contribution >= 0.6 is 0 Å². The van der Waals surface area contributed by atoms with Crippen molar-refractivity contribution in [3.05, 3.63) is 59.2 Å². The fraction of sp³-hybridized carbons (Fsp3) is 0.300. The topological polar surface area (TPSA) is 65.1 Å². The van der Waals surface area contributed by atoms with Gasteiger partial charge in [-0.3, -0.25) is 4.79 Å². The molecule has 0 spiro atoms. The Morgan fingerprint density at radius 2 is 1.54 bits per heavy atom. The van der Waals surface area contributed by atoms with Gasteiger partial charge in [0, 0.05) is 13.6 Å². The Balaban J connectivity index is 1.98. The molecule has 0 unspecified atom stereocenters. The molecule has 0 radical (unpaired) electrons. The molecular weight excluding hydrogens is 334 g/mol. The standard InChI is InChI=1S/C20H23NO5/c1-14-8-10-15(11-9-14)12-21(2)18(22)13-26-20(23)19-16(24-3)6-5-7-17(19)25-4/h5-11H,12-13H2,1-4H3. The molecule has 6 heteroatoms. The van der Waals surface area contributed by atoms with E-state index in [-0.39, 0.29) is 18.1 Å². The minimum Gasteiger partial charge on any atom is -0.496 e. The maximum Gasteiger partial charge on any atom is 0.346 e. The zero-order valence-corrected chi connectivity index (χ0v) is 15.4. The lowest BCUT2D eigenvalue weighted by molar-refractivity contribution is -0.133. The van der Waals surface area contributed by atoms with Crippen LogP contribution in [0.5, 0.6) is 11.5 Å². The first-order valence-corrected chi connectivity index (χ1v) is 8.14. The number of hydrogen-bond donors (Lipinski definition) is 0. The minimum atomic E-state index is -0.670. The van der Waals surface area contributed by atoms with Crippen LogP contribution in [-0.4, -0.2) is 44.7 Å². The van der Waals surface area contributed by atoms with E-state index < -0.39 is 5.97 Å². The highest BCUT2D eigenvalue weighted by Crippen LogP contribution is 2.28. The van der Waals surface area contributed by atoms with Crippen LogP contribution < -0.4 is 9.47 Å². The lowest BCUT2D eigenvalue weighted by Gasteiger charge is -2.18. The first-order chi connectivity index (χ1) is 12.5. The number of aryl methyl sites for hydroxylation is 1. The van der Waals surface area contributed by atoms with Crippen molar-refractivity contribution in [1.82, 2.24) is 4.90 Å². The molecule has 0 bridgehead atoms. The van der Waals surface area contributed by atoms with E-state index >= 15 is 0 Å². The summed E-state index contributed by atoms with van der Waals surface area (Å²) < 4.78 is 15.5. The van der Waals surface area contributed by atoms with Gasteiger partial charge < -0.3 is 19.1 Å². The number of amides is 1. The first-order valence-electron chi connectivity index (χ1n) is 8.14. The van der Waals surface area contributed by atoms with E-state index in [9.17, 15) is 9.59 Å². The van der Waals surface area contributed by atoms with Crippen LogP contribution in [0.1, 0.15) is 21.5 Å². The van der Waals surface area contributed by atoms with E-state index in [2.05, 4.69) is 0 Å². The van der Waals surface area contributed by atoms with Gasteiger partial charge >= 0.3 is 5.97 Å². The van der Waals surface area contributed by atoms with Gasteiger partial charge in [-0.25, -0.2) is 4.79 Å². The highest BCUT2D eigenvalue weighted by atomic mass is 16.5. The molecule has 0 heterocycles. The van der Waals surface area contributed by atoms with Crippen molar-refractivity contribution >= 4 is 11.9 Å². The largest absolute Gasteiger partial charge is 0.496 e. The molecule has 0 aliphatic carbocycles. The van der Waals surface area contributed by atoms with Crippen LogP contribution in [0.4, 0.5) is 0 Å². The van der Waals surface area contributed by atoms with Gasteiger partial charge in [0.1, 0.15) is 17.1 Å². The normalized spacial score (nSPS) is 10.2. The first kappa shape index (κ1) is 19.3. The SMILES string of the molecule is COc1cccc(OC)c1C(=O)OCC(=O)N(C)Cc1ccc(C)cc1. The van der Waals surface area contributed by atoms with Crippen LogP contribution in [0.15, 0.2) is 42.5 Å². The average molecular weight is 357 g/mol. The van der Waals surface area contributed by atoms with Gasteiger partial charge in [0.25, 0.3) is 5.91 Å². The summed E-state index contributed by atoms with van der Waals surface area (Å²) in [4.78, 5) is 26.1. The molecule has 0 aliphatic rings. The predicted octanol–water partition coefficient (Wildman–Crippen LogP) is 2.83. The highest BCUT2D eigenvalue weighted by Gasteiger charge is 2.21. The fourth-order valence-corrected chi connectivity index (χ4v) is 2.42. The number of carbonyl (C=O) groups is 2. The summed E-state index contributed by atoms with van der Waals surface area (Å²) in [6.45, 7) is 2.08. The van der Waals surface area contributed by atoms with E-state index in [1.54, 1.807) is 25.2 Å². The van der Waals surface area contributed by atoms with Crippen molar-refractivity contribution in [2.45, 2.75) is 13.5 Å². The summed E-state index contributed by atoms with van der Waals surface area (Å²) in [6.07, 6.45) is 0. The zero-order chi connectivity index (χ0) is 19.1. The molecule has 0 saturated heterocycles. The number of benzene rings is 2. The zero-order valence-electron chi connectivity index (χ0n) is 15.4. The monoisotopic (exact) mass is 357 g/mol. The van der Waals surface area contributed by atoms with Crippen molar-refractivity contribution < 1.29 is 23.8 Å². The summed E-state index contributed by atoms with van der Waals surface area (Å²) in [7, 11) is 4.57. The van der Waals surface area contributed by atoms with Gasteiger partial charge in [0.15, 0.2) is 6.61 Å². The Labute approximate surface area is 153 Å². The molecule has 6 nitrogen and oxygen atoms in total. The van der Waals surface area contributed by atoms with Crippen LogP contribution in [-0.2, 0) is 16.1 Å². The molecule has 26 heavy (non-hydrogen) atoms. The number of hydrogen-bond acceptors (Lipinski definition) is 5. The number of rotatable bonds is 7. The summed E-state index contributed by atoms with van der Waals surface area (Å²) >= 11 is 0. The van der Waals surface area contributed by atoms with Gasteiger partial charge in [0.2, 0.25) is 0 Å². The lowest BCUT2D eigenvalue weighted by Crippen LogP contribution is -2.31. The Kier molecular flexibility index (Phi) is 6.60. The predicted molar refractivity (Wildman–Crippen MR) is 97.5 cm³/mol. The molecule has 0 aromatic heterocycles. The maximum atomic E-state index is 12.4. The second-order valence-electron chi connectivity index (χ2n) is 5.85. The number of ether oxygens (including phenoxy) is 3. The van der Waals surface area contributed by atoms with Crippen LogP contribution in [0.25, 0.3) is 0 Å². The Morgan fingerprint density at radius 1 is 0.962 bits per heavy atom. The Hall–Kier alpha value is -3.02. The lowest BCUT2D eigenvalue weighted by atomic mass is 10.1. The van der Waals surface area contributed by atoms with E-state index in [4.69, 9.17) is 14.2 Å². The van der Waals surface area contributed by atoms with Gasteiger partial charge in [0.05, 0.1) is 14.2 Å². The van der Waals surface area contributed by atoms with E-state index in [1.807, 2.05) is 31.2 Å². The van der Waals surface area contributed by atoms with Crippen molar-refractivity contribution in [2.24, 2.45) is 0 Å².